The fourth-order valence-corrected chi connectivity index (χ4v) is 4.81. The van der Waals surface area contributed by atoms with Crippen LogP contribution in [0.4, 0.5) is 5.69 Å². The zero-order chi connectivity index (χ0) is 20.4. The first-order chi connectivity index (χ1) is 14.0. The van der Waals surface area contributed by atoms with E-state index in [0.29, 0.717) is 13.2 Å². The van der Waals surface area contributed by atoms with Crippen molar-refractivity contribution < 1.29 is 17.9 Å². The zero-order valence-electron chi connectivity index (χ0n) is 16.0. The molecule has 1 saturated heterocycles. The molecule has 3 aromatic carbocycles. The van der Waals surface area contributed by atoms with Gasteiger partial charge in [-0.05, 0) is 54.1 Å². The van der Waals surface area contributed by atoms with Crippen LogP contribution >= 0.6 is 0 Å². The Bertz CT molecular complexity index is 1140. The van der Waals surface area contributed by atoms with Gasteiger partial charge in [0, 0.05) is 24.7 Å². The number of anilines is 1. The molecule has 150 valence electrons. The van der Waals surface area contributed by atoms with E-state index in [1.165, 1.54) is 0 Å². The second-order valence-electron chi connectivity index (χ2n) is 6.96. The molecule has 1 fully saturated rings. The number of nitrogens with one attached hydrogen (secondary N) is 1. The summed E-state index contributed by atoms with van der Waals surface area (Å²) in [6, 6.07) is 19.4. The van der Waals surface area contributed by atoms with Gasteiger partial charge in [0.2, 0.25) is 15.9 Å². The predicted octanol–water partition coefficient (Wildman–Crippen LogP) is 3.32. The third kappa shape index (κ3) is 4.11. The fourth-order valence-electron chi connectivity index (χ4n) is 3.55. The Morgan fingerprint density at radius 2 is 1.76 bits per heavy atom. The molecule has 1 unspecified atom stereocenters. The quantitative estimate of drug-likeness (QED) is 0.676. The third-order valence-electron chi connectivity index (χ3n) is 4.94. The van der Waals surface area contributed by atoms with Gasteiger partial charge in [-0.25, -0.2) is 13.1 Å². The van der Waals surface area contributed by atoms with Gasteiger partial charge >= 0.3 is 0 Å². The van der Waals surface area contributed by atoms with Crippen molar-refractivity contribution in [1.29, 1.82) is 0 Å². The largest absolute Gasteiger partial charge is 0.494 e. The molecule has 1 amide bonds. The van der Waals surface area contributed by atoms with Crippen LogP contribution in [0.3, 0.4) is 0 Å². The minimum absolute atomic E-state index is 0.111. The maximum atomic E-state index is 12.8. The van der Waals surface area contributed by atoms with Crippen LogP contribution in [0.25, 0.3) is 10.8 Å². The van der Waals surface area contributed by atoms with Gasteiger partial charge in [0.15, 0.2) is 0 Å². The highest BCUT2D eigenvalue weighted by Gasteiger charge is 2.33. The molecule has 29 heavy (non-hydrogen) atoms. The first-order valence-electron chi connectivity index (χ1n) is 9.50. The van der Waals surface area contributed by atoms with Crippen LogP contribution in [-0.2, 0) is 14.8 Å². The van der Waals surface area contributed by atoms with Gasteiger partial charge in [-0.3, -0.25) is 4.79 Å². The van der Waals surface area contributed by atoms with Gasteiger partial charge in [-0.15, -0.1) is 0 Å². The van der Waals surface area contributed by atoms with Crippen molar-refractivity contribution in [3.05, 3.63) is 66.7 Å². The van der Waals surface area contributed by atoms with Gasteiger partial charge in [-0.1, -0.05) is 30.3 Å². The average molecular weight is 410 g/mol. The summed E-state index contributed by atoms with van der Waals surface area (Å²) in [5, 5.41) is 1.83. The lowest BCUT2D eigenvalue weighted by atomic mass is 10.1. The second kappa shape index (κ2) is 7.85. The first kappa shape index (κ1) is 19.4. The Kier molecular flexibility index (Phi) is 5.25. The molecule has 1 aliphatic rings. The molecule has 6 nitrogen and oxygen atoms in total. The molecule has 1 heterocycles. The standard InChI is InChI=1S/C22H22N2O4S/c1-2-28-20-10-8-19(9-11-20)24-15-18(14-22(24)25)23-29(26,27)21-12-7-16-5-3-4-6-17(16)13-21/h3-13,18,23H,2,14-15H2,1H3. The van der Waals surface area contributed by atoms with E-state index in [1.807, 2.05) is 43.3 Å². The number of hydrogen-bond donors (Lipinski definition) is 1. The number of carbonyl (C=O) groups is 1. The highest BCUT2D eigenvalue weighted by molar-refractivity contribution is 7.89. The van der Waals surface area contributed by atoms with Crippen LogP contribution in [0, 0.1) is 0 Å². The Morgan fingerprint density at radius 1 is 1.03 bits per heavy atom. The molecule has 0 bridgehead atoms. The summed E-state index contributed by atoms with van der Waals surface area (Å²) < 4.78 is 33.8. The highest BCUT2D eigenvalue weighted by Crippen LogP contribution is 2.25. The van der Waals surface area contributed by atoms with Crippen LogP contribution in [0.5, 0.6) is 5.75 Å². The molecule has 4 rings (SSSR count). The van der Waals surface area contributed by atoms with E-state index in [2.05, 4.69) is 4.72 Å². The van der Waals surface area contributed by atoms with E-state index >= 15 is 0 Å². The maximum absolute atomic E-state index is 12.8. The van der Waals surface area contributed by atoms with Crippen molar-refractivity contribution in [2.75, 3.05) is 18.1 Å². The Morgan fingerprint density at radius 3 is 2.48 bits per heavy atom. The van der Waals surface area contributed by atoms with Crippen LogP contribution in [0.15, 0.2) is 71.6 Å². The molecule has 1 N–H and O–H groups in total. The summed E-state index contributed by atoms with van der Waals surface area (Å²) in [6.45, 7) is 2.77. The van der Waals surface area contributed by atoms with Crippen LogP contribution in [0.2, 0.25) is 0 Å². The Hall–Kier alpha value is -2.90. The van der Waals surface area contributed by atoms with Crippen LogP contribution in [-0.4, -0.2) is 33.5 Å². The monoisotopic (exact) mass is 410 g/mol. The maximum Gasteiger partial charge on any atom is 0.240 e. The summed E-state index contributed by atoms with van der Waals surface area (Å²) in [5.74, 6) is 0.622. The molecule has 7 heteroatoms. The number of amides is 1. The molecule has 1 aliphatic heterocycles. The minimum atomic E-state index is -3.73. The smallest absolute Gasteiger partial charge is 0.240 e. The van der Waals surface area contributed by atoms with Gasteiger partial charge < -0.3 is 9.64 Å². The summed E-state index contributed by atoms with van der Waals surface area (Å²) in [6.07, 6.45) is 0.125. The summed E-state index contributed by atoms with van der Waals surface area (Å²) in [4.78, 5) is 14.3. The number of hydrogen-bond acceptors (Lipinski definition) is 4. The summed E-state index contributed by atoms with van der Waals surface area (Å²) >= 11 is 0. The molecule has 1 atom stereocenters. The lowest BCUT2D eigenvalue weighted by Crippen LogP contribution is -2.37. The Balaban J connectivity index is 1.49. The number of rotatable bonds is 6. The van der Waals surface area contributed by atoms with E-state index in [1.54, 1.807) is 35.2 Å². The molecule has 0 spiro atoms. The van der Waals surface area contributed by atoms with Crippen LogP contribution < -0.4 is 14.4 Å². The normalized spacial score (nSPS) is 17.1. The molecular weight excluding hydrogens is 388 g/mol. The van der Waals surface area contributed by atoms with Gasteiger partial charge in [-0.2, -0.15) is 0 Å². The minimum Gasteiger partial charge on any atom is -0.494 e. The van der Waals surface area contributed by atoms with Crippen molar-refractivity contribution in [2.45, 2.75) is 24.3 Å². The summed E-state index contributed by atoms with van der Waals surface area (Å²) in [5.41, 5.74) is 0.728. The van der Waals surface area contributed by atoms with Gasteiger partial charge in [0.1, 0.15) is 5.75 Å². The number of fused-ring (bicyclic) bond motifs is 1. The average Bonchev–Trinajstić information content (AvgIpc) is 3.07. The van der Waals surface area contributed by atoms with Gasteiger partial charge in [0.05, 0.1) is 11.5 Å². The lowest BCUT2D eigenvalue weighted by Gasteiger charge is -2.18. The number of sulfonamides is 1. The van der Waals surface area contributed by atoms with E-state index in [4.69, 9.17) is 4.74 Å². The molecule has 0 radical (unpaired) electrons. The van der Waals surface area contributed by atoms with E-state index < -0.39 is 16.1 Å². The molecular formula is C22H22N2O4S. The molecule has 0 aliphatic carbocycles. The fraction of sp³-hybridized carbons (Fsp3) is 0.227. The van der Waals surface area contributed by atoms with E-state index in [0.717, 1.165) is 22.2 Å². The van der Waals surface area contributed by atoms with Crippen molar-refractivity contribution in [1.82, 2.24) is 4.72 Å². The number of benzene rings is 3. The molecule has 0 aromatic heterocycles. The third-order valence-corrected chi connectivity index (χ3v) is 6.46. The zero-order valence-corrected chi connectivity index (χ0v) is 16.9. The number of nitrogens with zero attached hydrogens (tertiary/aromatic N) is 1. The van der Waals surface area contributed by atoms with Crippen molar-refractivity contribution in [2.24, 2.45) is 0 Å². The molecule has 3 aromatic rings. The van der Waals surface area contributed by atoms with Crippen molar-refractivity contribution in [3.8, 4) is 5.75 Å². The highest BCUT2D eigenvalue weighted by atomic mass is 32.2. The first-order valence-corrected chi connectivity index (χ1v) is 11.0. The van der Waals surface area contributed by atoms with Crippen molar-refractivity contribution >= 4 is 32.4 Å². The predicted molar refractivity (Wildman–Crippen MR) is 113 cm³/mol. The van der Waals surface area contributed by atoms with Crippen molar-refractivity contribution in [3.63, 3.8) is 0 Å². The SMILES string of the molecule is CCOc1ccc(N2CC(NS(=O)(=O)c3ccc4ccccc4c3)CC2=O)cc1. The Labute approximate surface area is 170 Å². The van der Waals surface area contributed by atoms with Crippen LogP contribution in [0.1, 0.15) is 13.3 Å². The second-order valence-corrected chi connectivity index (χ2v) is 8.68. The lowest BCUT2D eigenvalue weighted by molar-refractivity contribution is -0.117. The van der Waals surface area contributed by atoms with Gasteiger partial charge in [0.25, 0.3) is 0 Å². The van der Waals surface area contributed by atoms with E-state index in [9.17, 15) is 13.2 Å². The topological polar surface area (TPSA) is 75.7 Å². The number of carbonyl (C=O) groups excluding carboxylic acids is 1. The number of ether oxygens (including phenoxy) is 1. The summed E-state index contributed by atoms with van der Waals surface area (Å²) in [7, 11) is -3.73. The van der Waals surface area contributed by atoms with E-state index in [-0.39, 0.29) is 17.2 Å². The molecule has 0 saturated carbocycles.